The molecule has 0 radical (unpaired) electrons. The highest BCUT2D eigenvalue weighted by Crippen LogP contribution is 2.71. The van der Waals surface area contributed by atoms with Crippen molar-refractivity contribution in [1.82, 2.24) is 0 Å². The lowest BCUT2D eigenvalue weighted by atomic mass is 9.42. The summed E-state index contributed by atoms with van der Waals surface area (Å²) >= 11 is 0. The molecule has 0 aromatic heterocycles. The number of nitrogens with two attached hydrogens (primary N) is 1. The molecule has 4 saturated carbocycles. The quantitative estimate of drug-likeness (QED) is 0.721. The number of ether oxygens (including phenoxy) is 4. The maximum atomic E-state index is 6.47. The van der Waals surface area contributed by atoms with Gasteiger partial charge in [-0.05, 0) is 73.7 Å². The van der Waals surface area contributed by atoms with E-state index in [1.807, 2.05) is 0 Å². The van der Waals surface area contributed by atoms with Crippen molar-refractivity contribution in [2.45, 2.75) is 76.8 Å². The molecule has 1 unspecified atom stereocenters. The van der Waals surface area contributed by atoms with Gasteiger partial charge in [0, 0.05) is 24.7 Å². The van der Waals surface area contributed by atoms with Crippen molar-refractivity contribution < 1.29 is 18.9 Å². The van der Waals surface area contributed by atoms with Gasteiger partial charge in [-0.3, -0.25) is 0 Å². The van der Waals surface area contributed by atoms with Crippen LogP contribution in [0.25, 0.3) is 0 Å². The predicted molar refractivity (Wildman–Crippen MR) is 109 cm³/mol. The highest BCUT2D eigenvalue weighted by molar-refractivity contribution is 5.15. The van der Waals surface area contributed by atoms with E-state index in [-0.39, 0.29) is 17.0 Å². The van der Waals surface area contributed by atoms with E-state index in [0.29, 0.717) is 29.1 Å². The summed E-state index contributed by atoms with van der Waals surface area (Å²) in [6, 6.07) is 0. The first kappa shape index (κ1) is 19.5. The molecule has 0 bridgehead atoms. The van der Waals surface area contributed by atoms with Crippen LogP contribution in [0.1, 0.15) is 65.2 Å². The SMILES string of the molecule is C[C@]12CCC3(CC1C[C@@H](CN)[C@@H]1[C@@H]2CC[C@@]2(C)[C@H]1CCC21OCCO1)OCCO3. The first-order valence-corrected chi connectivity index (χ1v) is 12.2. The van der Waals surface area contributed by atoms with Crippen molar-refractivity contribution >= 4 is 0 Å². The van der Waals surface area contributed by atoms with Gasteiger partial charge in [0.25, 0.3) is 0 Å². The Hall–Kier alpha value is -0.200. The van der Waals surface area contributed by atoms with Crippen molar-refractivity contribution in [3.8, 4) is 0 Å². The van der Waals surface area contributed by atoms with Crippen LogP contribution < -0.4 is 5.73 Å². The highest BCUT2D eigenvalue weighted by Gasteiger charge is 2.69. The van der Waals surface area contributed by atoms with Gasteiger partial charge in [0.05, 0.1) is 26.4 Å². The molecule has 2 heterocycles. The van der Waals surface area contributed by atoms with E-state index in [4.69, 9.17) is 24.7 Å². The second-order valence-electron chi connectivity index (χ2n) is 11.5. The zero-order valence-corrected chi connectivity index (χ0v) is 18.3. The first-order valence-electron chi connectivity index (χ1n) is 12.2. The van der Waals surface area contributed by atoms with Crippen LogP contribution in [0.4, 0.5) is 0 Å². The van der Waals surface area contributed by atoms with Crippen LogP contribution in [-0.2, 0) is 18.9 Å². The average molecular weight is 406 g/mol. The molecule has 0 aromatic carbocycles. The molecular formula is C24H39NO4. The van der Waals surface area contributed by atoms with E-state index in [9.17, 15) is 0 Å². The minimum absolute atomic E-state index is 0.148. The Morgan fingerprint density at radius 3 is 2.24 bits per heavy atom. The number of fused-ring (bicyclic) bond motifs is 6. The molecule has 2 N–H and O–H groups in total. The van der Waals surface area contributed by atoms with Gasteiger partial charge < -0.3 is 24.7 Å². The average Bonchev–Trinajstić information content (AvgIpc) is 3.44. The van der Waals surface area contributed by atoms with Crippen LogP contribution in [-0.4, -0.2) is 44.5 Å². The molecule has 2 saturated heterocycles. The Kier molecular flexibility index (Phi) is 4.31. The van der Waals surface area contributed by atoms with E-state index in [1.54, 1.807) is 0 Å². The molecule has 4 aliphatic carbocycles. The maximum Gasteiger partial charge on any atom is 0.174 e. The topological polar surface area (TPSA) is 62.9 Å². The lowest BCUT2D eigenvalue weighted by molar-refractivity contribution is -0.264. The van der Waals surface area contributed by atoms with Crippen molar-refractivity contribution in [3.63, 3.8) is 0 Å². The molecule has 6 aliphatic rings. The molecule has 6 rings (SSSR count). The fraction of sp³-hybridized carbons (Fsp3) is 1.00. The van der Waals surface area contributed by atoms with Crippen molar-refractivity contribution in [2.24, 2.45) is 46.2 Å². The molecule has 2 aliphatic heterocycles. The summed E-state index contributed by atoms with van der Waals surface area (Å²) in [7, 11) is 0. The van der Waals surface area contributed by atoms with E-state index < -0.39 is 0 Å². The van der Waals surface area contributed by atoms with Crippen LogP contribution in [0, 0.1) is 40.4 Å². The van der Waals surface area contributed by atoms with Crippen LogP contribution in [0.5, 0.6) is 0 Å². The second kappa shape index (κ2) is 6.41. The fourth-order valence-corrected chi connectivity index (χ4v) is 9.26. The molecule has 0 amide bonds. The van der Waals surface area contributed by atoms with E-state index in [1.165, 1.54) is 32.1 Å². The number of hydrogen-bond acceptors (Lipinski definition) is 5. The summed E-state index contributed by atoms with van der Waals surface area (Å²) in [4.78, 5) is 0. The molecule has 5 heteroatoms. The molecular weight excluding hydrogens is 366 g/mol. The fourth-order valence-electron chi connectivity index (χ4n) is 9.26. The molecule has 0 aromatic rings. The van der Waals surface area contributed by atoms with Gasteiger partial charge in [0.2, 0.25) is 0 Å². The van der Waals surface area contributed by atoms with Gasteiger partial charge in [0.15, 0.2) is 11.6 Å². The van der Waals surface area contributed by atoms with Crippen molar-refractivity contribution in [3.05, 3.63) is 0 Å². The molecule has 164 valence electrons. The van der Waals surface area contributed by atoms with E-state index in [2.05, 4.69) is 13.8 Å². The lowest BCUT2D eigenvalue weighted by Crippen LogP contribution is -2.61. The lowest BCUT2D eigenvalue weighted by Gasteiger charge is -2.64. The zero-order chi connectivity index (χ0) is 19.9. The Morgan fingerprint density at radius 2 is 1.52 bits per heavy atom. The highest BCUT2D eigenvalue weighted by atomic mass is 16.7. The summed E-state index contributed by atoms with van der Waals surface area (Å²) < 4.78 is 24.9. The Bertz CT molecular complexity index is 657. The summed E-state index contributed by atoms with van der Waals surface area (Å²) in [5, 5.41) is 0. The van der Waals surface area contributed by atoms with Crippen molar-refractivity contribution in [2.75, 3.05) is 33.0 Å². The Labute approximate surface area is 175 Å². The molecule has 6 fully saturated rings. The smallest absolute Gasteiger partial charge is 0.174 e. The Morgan fingerprint density at radius 1 is 0.828 bits per heavy atom. The summed E-state index contributed by atoms with van der Waals surface area (Å²) in [5.41, 5.74) is 7.01. The number of rotatable bonds is 1. The third-order valence-corrected chi connectivity index (χ3v) is 10.8. The van der Waals surface area contributed by atoms with E-state index >= 15 is 0 Å². The van der Waals surface area contributed by atoms with Gasteiger partial charge >= 0.3 is 0 Å². The maximum absolute atomic E-state index is 6.47. The molecule has 2 spiro atoms. The Balaban J connectivity index is 1.33. The minimum Gasteiger partial charge on any atom is -0.348 e. The van der Waals surface area contributed by atoms with E-state index in [0.717, 1.165) is 58.2 Å². The first-order chi connectivity index (χ1) is 14.0. The molecule has 5 nitrogen and oxygen atoms in total. The monoisotopic (exact) mass is 405 g/mol. The third-order valence-electron chi connectivity index (χ3n) is 10.8. The number of hydrogen-bond donors (Lipinski definition) is 1. The largest absolute Gasteiger partial charge is 0.348 e. The normalized spacial score (nSPS) is 52.4. The minimum atomic E-state index is -0.318. The molecule has 29 heavy (non-hydrogen) atoms. The summed E-state index contributed by atoms with van der Waals surface area (Å²) in [6.45, 7) is 8.93. The molecule has 7 atom stereocenters. The van der Waals surface area contributed by atoms with Crippen LogP contribution >= 0.6 is 0 Å². The van der Waals surface area contributed by atoms with Gasteiger partial charge in [0.1, 0.15) is 0 Å². The van der Waals surface area contributed by atoms with Crippen molar-refractivity contribution in [1.29, 1.82) is 0 Å². The second-order valence-corrected chi connectivity index (χ2v) is 11.5. The van der Waals surface area contributed by atoms with Crippen LogP contribution in [0.15, 0.2) is 0 Å². The predicted octanol–water partition coefficient (Wildman–Crippen LogP) is 3.70. The van der Waals surface area contributed by atoms with Gasteiger partial charge in [-0.25, -0.2) is 0 Å². The van der Waals surface area contributed by atoms with Crippen LogP contribution in [0.3, 0.4) is 0 Å². The standard InChI is InChI=1S/C24H39NO4/c1-21-7-8-23(26-9-10-27-23)14-17(21)13-16(15-25)20-18(21)3-5-22(2)19(20)4-6-24(22)28-11-12-29-24/h16-20H,3-15,25H2,1-2H3/t16-,17?,18-,19-,20+,21-,22-/m0/s1. The van der Waals surface area contributed by atoms with Crippen LogP contribution in [0.2, 0.25) is 0 Å². The summed E-state index contributed by atoms with van der Waals surface area (Å²) in [5.74, 6) is 2.83. The summed E-state index contributed by atoms with van der Waals surface area (Å²) in [6.07, 6.45) is 9.45. The third kappa shape index (κ3) is 2.46. The van der Waals surface area contributed by atoms with Gasteiger partial charge in [-0.15, -0.1) is 0 Å². The zero-order valence-electron chi connectivity index (χ0n) is 18.3. The van der Waals surface area contributed by atoms with Gasteiger partial charge in [-0.1, -0.05) is 13.8 Å². The van der Waals surface area contributed by atoms with Gasteiger partial charge in [-0.2, -0.15) is 0 Å².